The van der Waals surface area contributed by atoms with E-state index in [1.807, 2.05) is 23.1 Å². The van der Waals surface area contributed by atoms with Crippen LogP contribution in [0.3, 0.4) is 0 Å². The predicted molar refractivity (Wildman–Crippen MR) is 82.8 cm³/mol. The number of aryl methyl sites for hydroxylation is 1. The summed E-state index contributed by atoms with van der Waals surface area (Å²) in [6.07, 6.45) is 2.06. The second kappa shape index (κ2) is 6.47. The molecular formula is C16H23NOS. The van der Waals surface area contributed by atoms with Gasteiger partial charge in [0.05, 0.1) is 0 Å². The summed E-state index contributed by atoms with van der Waals surface area (Å²) in [5, 5.41) is 0. The van der Waals surface area contributed by atoms with E-state index in [9.17, 15) is 4.79 Å². The molecule has 1 heterocycles. The summed E-state index contributed by atoms with van der Waals surface area (Å²) in [6.45, 7) is 6.10. The average Bonchev–Trinajstić information content (AvgIpc) is 2.56. The topological polar surface area (TPSA) is 20.3 Å². The van der Waals surface area contributed by atoms with Crippen LogP contribution in [0.5, 0.6) is 0 Å². The summed E-state index contributed by atoms with van der Waals surface area (Å²) in [4.78, 5) is 14.6. The summed E-state index contributed by atoms with van der Waals surface area (Å²) in [5.41, 5.74) is 2.09. The lowest BCUT2D eigenvalue weighted by Crippen LogP contribution is -2.37. The standard InChI is InChI=1S/C16H23NOS/c1-12(2)14(11-19)10-17-9-5-7-13-6-3-4-8-15(13)16(17)18/h3-4,6,8,12,14,19H,5,7,9-11H2,1-2H3. The molecule has 0 radical (unpaired) electrons. The van der Waals surface area contributed by atoms with Gasteiger partial charge in [0.15, 0.2) is 0 Å². The molecule has 1 atom stereocenters. The van der Waals surface area contributed by atoms with Gasteiger partial charge in [0.2, 0.25) is 0 Å². The number of amides is 1. The van der Waals surface area contributed by atoms with Gasteiger partial charge in [-0.15, -0.1) is 0 Å². The third-order valence-electron chi connectivity index (χ3n) is 4.04. The lowest BCUT2D eigenvalue weighted by Gasteiger charge is -2.28. The number of fused-ring (bicyclic) bond motifs is 1. The summed E-state index contributed by atoms with van der Waals surface area (Å²) in [5.74, 6) is 2.06. The monoisotopic (exact) mass is 277 g/mol. The highest BCUT2D eigenvalue weighted by Gasteiger charge is 2.25. The Morgan fingerprint density at radius 2 is 2.05 bits per heavy atom. The van der Waals surface area contributed by atoms with E-state index in [-0.39, 0.29) is 5.91 Å². The molecule has 0 N–H and O–H groups in total. The van der Waals surface area contributed by atoms with Crippen LogP contribution >= 0.6 is 12.6 Å². The number of carbonyl (C=O) groups is 1. The Hall–Kier alpha value is -0.960. The number of hydrogen-bond acceptors (Lipinski definition) is 2. The summed E-state index contributed by atoms with van der Waals surface area (Å²) >= 11 is 4.43. The number of rotatable bonds is 4. The van der Waals surface area contributed by atoms with Crippen molar-refractivity contribution in [2.24, 2.45) is 11.8 Å². The highest BCUT2D eigenvalue weighted by molar-refractivity contribution is 7.80. The molecule has 0 bridgehead atoms. The summed E-state index contributed by atoms with van der Waals surface area (Å²) < 4.78 is 0. The largest absolute Gasteiger partial charge is 0.338 e. The Kier molecular flexibility index (Phi) is 4.92. The predicted octanol–water partition coefficient (Wildman–Crippen LogP) is 3.28. The van der Waals surface area contributed by atoms with Crippen molar-refractivity contribution in [1.29, 1.82) is 0 Å². The van der Waals surface area contributed by atoms with Crippen LogP contribution in [0.1, 0.15) is 36.2 Å². The number of thiol groups is 1. The third-order valence-corrected chi connectivity index (χ3v) is 4.51. The minimum absolute atomic E-state index is 0.195. The van der Waals surface area contributed by atoms with Crippen LogP contribution in [0.15, 0.2) is 24.3 Å². The second-order valence-electron chi connectivity index (χ2n) is 5.70. The Balaban J connectivity index is 2.17. The van der Waals surface area contributed by atoms with Gasteiger partial charge in [0.1, 0.15) is 0 Å². The molecule has 1 aromatic rings. The number of hydrogen-bond donors (Lipinski definition) is 1. The third kappa shape index (κ3) is 3.33. The van der Waals surface area contributed by atoms with Gasteiger partial charge in [-0.05, 0) is 42.1 Å². The fourth-order valence-corrected chi connectivity index (χ4v) is 3.15. The first-order valence-corrected chi connectivity index (χ1v) is 7.74. The molecule has 0 saturated heterocycles. The van der Waals surface area contributed by atoms with Crippen molar-refractivity contribution in [3.05, 3.63) is 35.4 Å². The zero-order valence-electron chi connectivity index (χ0n) is 11.8. The molecule has 1 aliphatic rings. The molecule has 19 heavy (non-hydrogen) atoms. The number of benzene rings is 1. The van der Waals surface area contributed by atoms with E-state index >= 15 is 0 Å². The van der Waals surface area contributed by atoms with Crippen molar-refractivity contribution in [3.8, 4) is 0 Å². The molecule has 1 aliphatic heterocycles. The smallest absolute Gasteiger partial charge is 0.254 e. The highest BCUT2D eigenvalue weighted by atomic mass is 32.1. The van der Waals surface area contributed by atoms with Crippen LogP contribution in [0.2, 0.25) is 0 Å². The Bertz CT molecular complexity index is 444. The summed E-state index contributed by atoms with van der Waals surface area (Å²) in [7, 11) is 0. The Labute approximate surface area is 121 Å². The first kappa shape index (κ1) is 14.4. The van der Waals surface area contributed by atoms with Crippen molar-refractivity contribution < 1.29 is 4.79 Å². The van der Waals surface area contributed by atoms with E-state index in [1.165, 1.54) is 5.56 Å². The quantitative estimate of drug-likeness (QED) is 0.838. The van der Waals surface area contributed by atoms with Crippen molar-refractivity contribution >= 4 is 18.5 Å². The minimum atomic E-state index is 0.195. The van der Waals surface area contributed by atoms with Gasteiger partial charge < -0.3 is 4.90 Å². The van der Waals surface area contributed by atoms with Gasteiger partial charge in [-0.3, -0.25) is 4.79 Å². The minimum Gasteiger partial charge on any atom is -0.338 e. The fraction of sp³-hybridized carbons (Fsp3) is 0.562. The molecule has 1 amide bonds. The van der Waals surface area contributed by atoms with Crippen LogP contribution in [0.4, 0.5) is 0 Å². The van der Waals surface area contributed by atoms with Crippen LogP contribution in [-0.4, -0.2) is 29.6 Å². The molecule has 1 unspecified atom stereocenters. The molecular weight excluding hydrogens is 254 g/mol. The van der Waals surface area contributed by atoms with Crippen molar-refractivity contribution in [1.82, 2.24) is 4.90 Å². The van der Waals surface area contributed by atoms with Gasteiger partial charge in [-0.2, -0.15) is 12.6 Å². The second-order valence-corrected chi connectivity index (χ2v) is 6.06. The van der Waals surface area contributed by atoms with Gasteiger partial charge >= 0.3 is 0 Å². The van der Waals surface area contributed by atoms with Gasteiger partial charge in [-0.1, -0.05) is 32.0 Å². The van der Waals surface area contributed by atoms with E-state index in [2.05, 4.69) is 32.5 Å². The van der Waals surface area contributed by atoms with Gasteiger partial charge in [-0.25, -0.2) is 0 Å². The first-order valence-electron chi connectivity index (χ1n) is 7.11. The molecule has 0 aromatic heterocycles. The van der Waals surface area contributed by atoms with E-state index in [4.69, 9.17) is 0 Å². The highest BCUT2D eigenvalue weighted by Crippen LogP contribution is 2.21. The average molecular weight is 277 g/mol. The van der Waals surface area contributed by atoms with E-state index < -0.39 is 0 Å². The van der Waals surface area contributed by atoms with Crippen molar-refractivity contribution in [3.63, 3.8) is 0 Å². The van der Waals surface area contributed by atoms with Crippen LogP contribution in [0, 0.1) is 11.8 Å². The van der Waals surface area contributed by atoms with E-state index in [1.54, 1.807) is 0 Å². The van der Waals surface area contributed by atoms with Crippen LogP contribution in [0.25, 0.3) is 0 Å². The van der Waals surface area contributed by atoms with Crippen molar-refractivity contribution in [2.45, 2.75) is 26.7 Å². The molecule has 0 spiro atoms. The molecule has 2 rings (SSSR count). The molecule has 0 aliphatic carbocycles. The number of carbonyl (C=O) groups excluding carboxylic acids is 1. The maximum atomic E-state index is 12.6. The molecule has 104 valence electrons. The van der Waals surface area contributed by atoms with E-state index in [0.29, 0.717) is 11.8 Å². The maximum absolute atomic E-state index is 12.6. The normalized spacial score (nSPS) is 17.3. The summed E-state index contributed by atoms with van der Waals surface area (Å²) in [6, 6.07) is 8.02. The first-order chi connectivity index (χ1) is 9.13. The maximum Gasteiger partial charge on any atom is 0.254 e. The van der Waals surface area contributed by atoms with E-state index in [0.717, 1.165) is 37.2 Å². The molecule has 2 nitrogen and oxygen atoms in total. The lowest BCUT2D eigenvalue weighted by atomic mass is 9.97. The van der Waals surface area contributed by atoms with Gasteiger partial charge in [0.25, 0.3) is 5.91 Å². The zero-order valence-corrected chi connectivity index (χ0v) is 12.7. The van der Waals surface area contributed by atoms with Crippen LogP contribution < -0.4 is 0 Å². The SMILES string of the molecule is CC(C)C(CS)CN1CCCc2ccccc2C1=O. The Morgan fingerprint density at radius 3 is 2.74 bits per heavy atom. The van der Waals surface area contributed by atoms with Crippen molar-refractivity contribution in [2.75, 3.05) is 18.8 Å². The van der Waals surface area contributed by atoms with Gasteiger partial charge in [0, 0.05) is 18.7 Å². The fourth-order valence-electron chi connectivity index (χ4n) is 2.62. The molecule has 1 aromatic carbocycles. The van der Waals surface area contributed by atoms with Crippen LogP contribution in [-0.2, 0) is 6.42 Å². The Morgan fingerprint density at radius 1 is 1.32 bits per heavy atom. The zero-order chi connectivity index (χ0) is 13.8. The molecule has 0 saturated carbocycles. The molecule has 0 fully saturated rings. The lowest BCUT2D eigenvalue weighted by molar-refractivity contribution is 0.0726. The molecule has 3 heteroatoms. The number of nitrogens with zero attached hydrogens (tertiary/aromatic N) is 1.